The maximum Gasteiger partial charge on any atom is 0.261 e. The first-order valence-electron chi connectivity index (χ1n) is 8.95. The molecule has 2 aromatic carbocycles. The van der Waals surface area contributed by atoms with Gasteiger partial charge in [0.2, 0.25) is 0 Å². The molecule has 1 amide bonds. The van der Waals surface area contributed by atoms with Crippen LogP contribution in [0.25, 0.3) is 21.0 Å². The van der Waals surface area contributed by atoms with Crippen molar-refractivity contribution in [3.8, 4) is 0 Å². The third-order valence-corrected chi connectivity index (χ3v) is 6.85. The summed E-state index contributed by atoms with van der Waals surface area (Å²) in [5.74, 6) is -0.0706. The SMILES string of the molecule is CSc1ccc(CCNC(=O)c2cc3c(Cl)nc4ccc(C)cc4c3s2)cc1. The molecule has 28 heavy (non-hydrogen) atoms. The molecule has 0 spiro atoms. The van der Waals surface area contributed by atoms with E-state index in [1.165, 1.54) is 21.8 Å². The number of hydrogen-bond acceptors (Lipinski definition) is 4. The summed E-state index contributed by atoms with van der Waals surface area (Å²) in [5, 5.41) is 5.33. The van der Waals surface area contributed by atoms with Crippen molar-refractivity contribution >= 4 is 61.6 Å². The van der Waals surface area contributed by atoms with E-state index >= 15 is 0 Å². The van der Waals surface area contributed by atoms with Crippen molar-refractivity contribution in [3.05, 3.63) is 69.7 Å². The number of amides is 1. The van der Waals surface area contributed by atoms with Crippen LogP contribution in [0.1, 0.15) is 20.8 Å². The molecule has 142 valence electrons. The minimum absolute atomic E-state index is 0.0706. The first kappa shape index (κ1) is 19.2. The van der Waals surface area contributed by atoms with Crippen LogP contribution in [0, 0.1) is 6.92 Å². The molecule has 4 aromatic rings. The zero-order chi connectivity index (χ0) is 19.7. The second-order valence-electron chi connectivity index (χ2n) is 6.63. The molecule has 0 bridgehead atoms. The molecule has 4 rings (SSSR count). The Bertz CT molecular complexity index is 1170. The Morgan fingerprint density at radius 2 is 1.93 bits per heavy atom. The Hall–Kier alpha value is -2.08. The number of rotatable bonds is 5. The number of nitrogens with one attached hydrogen (secondary N) is 1. The average molecular weight is 427 g/mol. The summed E-state index contributed by atoms with van der Waals surface area (Å²) in [6, 6.07) is 16.4. The fourth-order valence-electron chi connectivity index (χ4n) is 3.15. The van der Waals surface area contributed by atoms with E-state index in [0.717, 1.165) is 33.0 Å². The lowest BCUT2D eigenvalue weighted by molar-refractivity contribution is 0.0958. The molecular formula is C22H19ClN2OS2. The lowest BCUT2D eigenvalue weighted by Gasteiger charge is -2.04. The number of thiophene rings is 1. The molecule has 0 saturated heterocycles. The fraction of sp³-hybridized carbons (Fsp3) is 0.182. The van der Waals surface area contributed by atoms with Gasteiger partial charge in [-0.05, 0) is 55.5 Å². The van der Waals surface area contributed by atoms with E-state index in [1.807, 2.05) is 25.1 Å². The van der Waals surface area contributed by atoms with Crippen molar-refractivity contribution in [3.63, 3.8) is 0 Å². The maximum absolute atomic E-state index is 12.7. The Morgan fingerprint density at radius 1 is 1.14 bits per heavy atom. The van der Waals surface area contributed by atoms with E-state index in [0.29, 0.717) is 16.6 Å². The van der Waals surface area contributed by atoms with Crippen LogP contribution in [0.15, 0.2) is 53.4 Å². The van der Waals surface area contributed by atoms with E-state index in [4.69, 9.17) is 11.6 Å². The Balaban J connectivity index is 1.53. The summed E-state index contributed by atoms with van der Waals surface area (Å²) in [5.41, 5.74) is 3.22. The number of fused-ring (bicyclic) bond motifs is 3. The maximum atomic E-state index is 12.7. The van der Waals surface area contributed by atoms with Crippen LogP contribution in [0.4, 0.5) is 0 Å². The summed E-state index contributed by atoms with van der Waals surface area (Å²) < 4.78 is 1.01. The van der Waals surface area contributed by atoms with Crippen LogP contribution < -0.4 is 5.32 Å². The van der Waals surface area contributed by atoms with E-state index in [1.54, 1.807) is 11.8 Å². The summed E-state index contributed by atoms with van der Waals surface area (Å²) in [7, 11) is 0. The highest BCUT2D eigenvalue weighted by Gasteiger charge is 2.15. The molecule has 0 atom stereocenters. The highest BCUT2D eigenvalue weighted by molar-refractivity contribution is 7.98. The van der Waals surface area contributed by atoms with Crippen LogP contribution in [0.5, 0.6) is 0 Å². The van der Waals surface area contributed by atoms with E-state index in [2.05, 4.69) is 46.9 Å². The van der Waals surface area contributed by atoms with Gasteiger partial charge < -0.3 is 5.32 Å². The van der Waals surface area contributed by atoms with Crippen LogP contribution in [-0.2, 0) is 6.42 Å². The van der Waals surface area contributed by atoms with Crippen LogP contribution in [0.3, 0.4) is 0 Å². The van der Waals surface area contributed by atoms with Crippen molar-refractivity contribution in [1.29, 1.82) is 0 Å². The topological polar surface area (TPSA) is 42.0 Å². The van der Waals surface area contributed by atoms with Gasteiger partial charge in [-0.3, -0.25) is 4.79 Å². The van der Waals surface area contributed by atoms with Crippen molar-refractivity contribution in [2.24, 2.45) is 0 Å². The molecule has 3 nitrogen and oxygen atoms in total. The third-order valence-electron chi connectivity index (χ3n) is 4.65. The highest BCUT2D eigenvalue weighted by atomic mass is 35.5. The highest BCUT2D eigenvalue weighted by Crippen LogP contribution is 2.36. The Labute approximate surface area is 177 Å². The molecule has 0 radical (unpaired) electrons. The molecule has 6 heteroatoms. The van der Waals surface area contributed by atoms with Crippen molar-refractivity contribution < 1.29 is 4.79 Å². The van der Waals surface area contributed by atoms with Crippen molar-refractivity contribution in [1.82, 2.24) is 10.3 Å². The van der Waals surface area contributed by atoms with E-state index in [-0.39, 0.29) is 5.91 Å². The largest absolute Gasteiger partial charge is 0.351 e. The predicted molar refractivity (Wildman–Crippen MR) is 121 cm³/mol. The normalized spacial score (nSPS) is 11.2. The smallest absolute Gasteiger partial charge is 0.261 e. The van der Waals surface area contributed by atoms with Gasteiger partial charge in [-0.15, -0.1) is 23.1 Å². The molecule has 0 fully saturated rings. The lowest BCUT2D eigenvalue weighted by Crippen LogP contribution is -2.24. The van der Waals surface area contributed by atoms with Gasteiger partial charge in [0.25, 0.3) is 5.91 Å². The Kier molecular flexibility index (Phi) is 5.58. The summed E-state index contributed by atoms with van der Waals surface area (Å²) in [6.07, 6.45) is 2.86. The molecular weight excluding hydrogens is 408 g/mol. The van der Waals surface area contributed by atoms with Gasteiger partial charge in [-0.2, -0.15) is 0 Å². The molecule has 0 saturated carbocycles. The number of aromatic nitrogens is 1. The molecule has 1 N–H and O–H groups in total. The standard InChI is InChI=1S/C22H19ClN2OS2/c1-13-3-8-18-16(11-13)20-17(21(23)25-18)12-19(28-20)22(26)24-10-9-14-4-6-15(27-2)7-5-14/h3-8,11-12H,9-10H2,1-2H3,(H,24,26). The third kappa shape index (κ3) is 3.88. The van der Waals surface area contributed by atoms with Crippen LogP contribution in [0.2, 0.25) is 5.15 Å². The number of thioether (sulfide) groups is 1. The Morgan fingerprint density at radius 3 is 2.68 bits per heavy atom. The molecule has 2 heterocycles. The first-order valence-corrected chi connectivity index (χ1v) is 11.4. The first-order chi connectivity index (χ1) is 13.5. The molecule has 0 aliphatic carbocycles. The number of carbonyl (C=O) groups excluding carboxylic acids is 1. The number of aryl methyl sites for hydroxylation is 1. The fourth-order valence-corrected chi connectivity index (χ4v) is 4.96. The van der Waals surface area contributed by atoms with Crippen LogP contribution >= 0.6 is 34.7 Å². The monoisotopic (exact) mass is 426 g/mol. The van der Waals surface area contributed by atoms with Gasteiger partial charge in [0, 0.05) is 26.9 Å². The van der Waals surface area contributed by atoms with Gasteiger partial charge in [0.1, 0.15) is 5.15 Å². The second-order valence-corrected chi connectivity index (χ2v) is 8.92. The number of benzene rings is 2. The van der Waals surface area contributed by atoms with Crippen molar-refractivity contribution in [2.75, 3.05) is 12.8 Å². The van der Waals surface area contributed by atoms with E-state index in [9.17, 15) is 4.79 Å². The number of pyridine rings is 1. The van der Waals surface area contributed by atoms with Crippen LogP contribution in [-0.4, -0.2) is 23.7 Å². The number of halogens is 1. The minimum Gasteiger partial charge on any atom is -0.351 e. The quantitative estimate of drug-likeness (QED) is 0.309. The number of hydrogen-bond donors (Lipinski definition) is 1. The van der Waals surface area contributed by atoms with Gasteiger partial charge in [-0.1, -0.05) is 35.4 Å². The summed E-state index contributed by atoms with van der Waals surface area (Å²) in [6.45, 7) is 2.64. The molecule has 0 aliphatic heterocycles. The average Bonchev–Trinajstić information content (AvgIpc) is 3.16. The predicted octanol–water partition coefficient (Wildman–Crippen LogP) is 6.11. The van der Waals surface area contributed by atoms with Crippen molar-refractivity contribution in [2.45, 2.75) is 18.2 Å². The summed E-state index contributed by atoms with van der Waals surface area (Å²) >= 11 is 9.56. The van der Waals surface area contributed by atoms with Gasteiger partial charge in [-0.25, -0.2) is 4.98 Å². The molecule has 0 unspecified atom stereocenters. The minimum atomic E-state index is -0.0706. The zero-order valence-electron chi connectivity index (χ0n) is 15.6. The second kappa shape index (κ2) is 8.11. The van der Waals surface area contributed by atoms with Gasteiger partial charge >= 0.3 is 0 Å². The zero-order valence-corrected chi connectivity index (χ0v) is 18.0. The summed E-state index contributed by atoms with van der Waals surface area (Å²) in [4.78, 5) is 19.0. The number of carbonyl (C=O) groups is 1. The number of nitrogens with zero attached hydrogens (tertiary/aromatic N) is 1. The van der Waals surface area contributed by atoms with Gasteiger partial charge in [0.05, 0.1) is 10.4 Å². The molecule has 0 aliphatic rings. The lowest BCUT2D eigenvalue weighted by atomic mass is 10.1. The molecule has 2 aromatic heterocycles. The van der Waals surface area contributed by atoms with E-state index < -0.39 is 0 Å². The van der Waals surface area contributed by atoms with Gasteiger partial charge in [0.15, 0.2) is 0 Å².